The highest BCUT2D eigenvalue weighted by Gasteiger charge is 2.33. The number of carbonyl (C=O) groups excluding carboxylic acids is 2. The van der Waals surface area contributed by atoms with Gasteiger partial charge in [-0.25, -0.2) is 8.42 Å². The third-order valence-corrected chi connectivity index (χ3v) is 8.78. The summed E-state index contributed by atoms with van der Waals surface area (Å²) in [6, 6.07) is 18.1. The second kappa shape index (κ2) is 15.0. The fourth-order valence-electron chi connectivity index (χ4n) is 4.50. The molecule has 0 saturated carbocycles. The molecule has 1 N–H and O–H groups in total. The maximum absolute atomic E-state index is 14.0. The van der Waals surface area contributed by atoms with Crippen LogP contribution in [0, 0.1) is 0 Å². The first-order valence-corrected chi connectivity index (χ1v) is 16.9. The molecule has 0 aliphatic rings. The number of nitrogens with one attached hydrogen (secondary N) is 1. The molecule has 0 bridgehead atoms. The zero-order valence-electron chi connectivity index (χ0n) is 24.4. The summed E-state index contributed by atoms with van der Waals surface area (Å²) in [5, 5.41) is 4.35. The van der Waals surface area contributed by atoms with Crippen LogP contribution >= 0.6 is 46.4 Å². The number of rotatable bonds is 12. The fraction of sp³-hybridized carbons (Fsp3) is 0.355. The van der Waals surface area contributed by atoms with E-state index in [1.54, 1.807) is 24.3 Å². The lowest BCUT2D eigenvalue weighted by atomic mass is 10.00. The molecule has 232 valence electrons. The molecule has 3 aromatic carbocycles. The zero-order valence-corrected chi connectivity index (χ0v) is 28.3. The molecular formula is C31H35Cl4N3O4S. The van der Waals surface area contributed by atoms with Gasteiger partial charge in [0.2, 0.25) is 21.8 Å². The third-order valence-electron chi connectivity index (χ3n) is 6.45. The number of carbonyl (C=O) groups is 2. The Morgan fingerprint density at radius 2 is 1.51 bits per heavy atom. The van der Waals surface area contributed by atoms with Crippen molar-refractivity contribution in [3.8, 4) is 0 Å². The molecule has 12 heteroatoms. The van der Waals surface area contributed by atoms with Crippen molar-refractivity contribution in [2.24, 2.45) is 0 Å². The number of sulfonamides is 1. The zero-order chi connectivity index (χ0) is 31.9. The van der Waals surface area contributed by atoms with E-state index >= 15 is 0 Å². The van der Waals surface area contributed by atoms with Crippen LogP contribution in [0.15, 0.2) is 66.7 Å². The van der Waals surface area contributed by atoms with E-state index in [0.29, 0.717) is 20.6 Å². The van der Waals surface area contributed by atoms with E-state index in [1.165, 1.54) is 17.0 Å². The standard InChI is InChI=1S/C31H35Cl4N3O4S/c1-31(2,3)36-30(40)28(17-21-9-6-5-7-10-21)37(20-22-12-13-23(32)18-26(22)35)29(39)11-8-16-38(43(4,41)42)27-19-24(33)14-15-25(27)34/h5-7,9-10,12-15,18-19,28H,8,11,16-17,20H2,1-4H3,(H,36,40)/t28-/m0/s1. The Kier molecular flexibility index (Phi) is 12.2. The first-order chi connectivity index (χ1) is 20.0. The summed E-state index contributed by atoms with van der Waals surface area (Å²) in [5.41, 5.74) is 1.16. The van der Waals surface area contributed by atoms with Gasteiger partial charge in [0.25, 0.3) is 0 Å². The predicted octanol–water partition coefficient (Wildman–Crippen LogP) is 7.40. The van der Waals surface area contributed by atoms with Crippen LogP contribution in [-0.4, -0.2) is 49.5 Å². The SMILES string of the molecule is CC(C)(C)NC(=O)[C@H](Cc1ccccc1)N(Cc1ccc(Cl)cc1Cl)C(=O)CCCN(c1cc(Cl)ccc1Cl)S(C)(=O)=O. The Hall–Kier alpha value is -2.49. The third kappa shape index (κ3) is 10.6. The molecular weight excluding hydrogens is 652 g/mol. The first-order valence-electron chi connectivity index (χ1n) is 13.6. The number of benzene rings is 3. The highest BCUT2D eigenvalue weighted by Crippen LogP contribution is 2.31. The van der Waals surface area contributed by atoms with Crippen molar-refractivity contribution >= 4 is 73.9 Å². The first kappa shape index (κ1) is 35.0. The number of hydrogen-bond donors (Lipinski definition) is 1. The minimum atomic E-state index is -3.75. The summed E-state index contributed by atoms with van der Waals surface area (Å²) >= 11 is 25.0. The highest BCUT2D eigenvalue weighted by molar-refractivity contribution is 7.92. The van der Waals surface area contributed by atoms with E-state index in [2.05, 4.69) is 5.32 Å². The van der Waals surface area contributed by atoms with Crippen LogP contribution in [-0.2, 0) is 32.6 Å². The molecule has 0 radical (unpaired) electrons. The molecule has 7 nitrogen and oxygen atoms in total. The lowest BCUT2D eigenvalue weighted by molar-refractivity contribution is -0.142. The van der Waals surface area contributed by atoms with Gasteiger partial charge in [-0.05, 0) is 68.7 Å². The van der Waals surface area contributed by atoms with Crippen molar-refractivity contribution in [1.29, 1.82) is 0 Å². The summed E-state index contributed by atoms with van der Waals surface area (Å²) < 4.78 is 26.5. The molecule has 2 amide bonds. The van der Waals surface area contributed by atoms with Gasteiger partial charge in [0.1, 0.15) is 6.04 Å². The number of hydrogen-bond acceptors (Lipinski definition) is 4. The van der Waals surface area contributed by atoms with Crippen molar-refractivity contribution in [3.63, 3.8) is 0 Å². The minimum Gasteiger partial charge on any atom is -0.350 e. The number of amides is 2. The van der Waals surface area contributed by atoms with Crippen LogP contribution in [0.25, 0.3) is 0 Å². The molecule has 3 aromatic rings. The Bertz CT molecular complexity index is 1550. The molecule has 0 aliphatic heterocycles. The Labute approximate surface area is 274 Å². The molecule has 3 rings (SSSR count). The van der Waals surface area contributed by atoms with Crippen molar-refractivity contribution < 1.29 is 18.0 Å². The van der Waals surface area contributed by atoms with Gasteiger partial charge in [-0.2, -0.15) is 0 Å². The monoisotopic (exact) mass is 685 g/mol. The molecule has 0 heterocycles. The number of nitrogens with zero attached hydrogens (tertiary/aromatic N) is 2. The van der Waals surface area contributed by atoms with E-state index in [9.17, 15) is 18.0 Å². The number of anilines is 1. The molecule has 0 saturated heterocycles. The van der Waals surface area contributed by atoms with Crippen LogP contribution < -0.4 is 9.62 Å². The lowest BCUT2D eigenvalue weighted by Crippen LogP contribution is -2.54. The van der Waals surface area contributed by atoms with Gasteiger partial charge >= 0.3 is 0 Å². The Balaban J connectivity index is 1.95. The molecule has 0 aromatic heterocycles. The second-order valence-electron chi connectivity index (χ2n) is 11.2. The predicted molar refractivity (Wildman–Crippen MR) is 177 cm³/mol. The molecule has 43 heavy (non-hydrogen) atoms. The maximum Gasteiger partial charge on any atom is 0.243 e. The quantitative estimate of drug-likeness (QED) is 0.215. The van der Waals surface area contributed by atoms with Crippen molar-refractivity contribution in [1.82, 2.24) is 10.2 Å². The van der Waals surface area contributed by atoms with Crippen LogP contribution in [0.1, 0.15) is 44.7 Å². The molecule has 1 atom stereocenters. The normalized spacial score (nSPS) is 12.5. The summed E-state index contributed by atoms with van der Waals surface area (Å²) in [4.78, 5) is 29.2. The maximum atomic E-state index is 14.0. The summed E-state index contributed by atoms with van der Waals surface area (Å²) in [5.74, 6) is -0.667. The summed E-state index contributed by atoms with van der Waals surface area (Å²) in [6.45, 7) is 5.62. The molecule has 0 spiro atoms. The summed E-state index contributed by atoms with van der Waals surface area (Å²) in [6.07, 6.45) is 1.42. The van der Waals surface area contributed by atoms with Gasteiger partial charge in [0.05, 0.1) is 17.0 Å². The lowest BCUT2D eigenvalue weighted by Gasteiger charge is -2.34. The second-order valence-corrected chi connectivity index (χ2v) is 14.8. The van der Waals surface area contributed by atoms with Crippen LogP contribution in [0.4, 0.5) is 5.69 Å². The van der Waals surface area contributed by atoms with E-state index in [0.717, 1.165) is 16.1 Å². The average molecular weight is 688 g/mol. The van der Waals surface area contributed by atoms with Crippen molar-refractivity contribution in [3.05, 3.63) is 97.9 Å². The van der Waals surface area contributed by atoms with Gasteiger partial charge in [0, 0.05) is 46.5 Å². The number of halogens is 4. The van der Waals surface area contributed by atoms with Crippen molar-refractivity contribution in [2.75, 3.05) is 17.1 Å². The van der Waals surface area contributed by atoms with Crippen LogP contribution in [0.2, 0.25) is 20.1 Å². The summed E-state index contributed by atoms with van der Waals surface area (Å²) in [7, 11) is -3.75. The molecule has 0 unspecified atom stereocenters. The van der Waals surface area contributed by atoms with Gasteiger partial charge in [-0.15, -0.1) is 0 Å². The van der Waals surface area contributed by atoms with Gasteiger partial charge in [-0.1, -0.05) is 82.8 Å². The van der Waals surface area contributed by atoms with Crippen LogP contribution in [0.5, 0.6) is 0 Å². The van der Waals surface area contributed by atoms with Gasteiger partial charge in [0.15, 0.2) is 0 Å². The average Bonchev–Trinajstić information content (AvgIpc) is 2.90. The molecule has 0 aliphatic carbocycles. The fourth-order valence-corrected chi connectivity index (χ4v) is 6.37. The topological polar surface area (TPSA) is 86.8 Å². The Morgan fingerprint density at radius 3 is 2.12 bits per heavy atom. The Morgan fingerprint density at radius 1 is 0.884 bits per heavy atom. The molecule has 0 fully saturated rings. The van der Waals surface area contributed by atoms with E-state index in [1.807, 2.05) is 51.1 Å². The van der Waals surface area contributed by atoms with E-state index in [-0.39, 0.29) is 54.9 Å². The van der Waals surface area contributed by atoms with Crippen LogP contribution in [0.3, 0.4) is 0 Å². The smallest absolute Gasteiger partial charge is 0.243 e. The highest BCUT2D eigenvalue weighted by atomic mass is 35.5. The largest absolute Gasteiger partial charge is 0.350 e. The van der Waals surface area contributed by atoms with Gasteiger partial charge in [-0.3, -0.25) is 13.9 Å². The van der Waals surface area contributed by atoms with E-state index < -0.39 is 21.6 Å². The van der Waals surface area contributed by atoms with Gasteiger partial charge < -0.3 is 10.2 Å². The van der Waals surface area contributed by atoms with Crippen molar-refractivity contribution in [2.45, 2.75) is 58.2 Å². The minimum absolute atomic E-state index is 0.0300. The van der Waals surface area contributed by atoms with E-state index in [4.69, 9.17) is 46.4 Å².